The third-order valence-corrected chi connectivity index (χ3v) is 4.49. The van der Waals surface area contributed by atoms with Gasteiger partial charge in [0.1, 0.15) is 5.82 Å². The Balaban J connectivity index is 2.45. The van der Waals surface area contributed by atoms with Gasteiger partial charge in [-0.2, -0.15) is 13.5 Å². The first-order valence-electron chi connectivity index (χ1n) is 5.43. The molecular formula is C11H13FN4O2S. The molecular weight excluding hydrogens is 271 g/mol. The largest absolute Gasteiger partial charge is 0.326 e. The van der Waals surface area contributed by atoms with E-state index in [1.165, 1.54) is 31.4 Å². The van der Waals surface area contributed by atoms with Crippen molar-refractivity contribution < 1.29 is 12.8 Å². The van der Waals surface area contributed by atoms with Crippen molar-refractivity contribution in [3.05, 3.63) is 41.8 Å². The smallest absolute Gasteiger partial charge is 0.281 e. The summed E-state index contributed by atoms with van der Waals surface area (Å²) < 4.78 is 38.8. The highest BCUT2D eigenvalue weighted by Gasteiger charge is 2.26. The van der Waals surface area contributed by atoms with Crippen molar-refractivity contribution in [2.75, 3.05) is 11.4 Å². The molecule has 1 aromatic heterocycles. The van der Waals surface area contributed by atoms with E-state index in [4.69, 9.17) is 5.73 Å². The van der Waals surface area contributed by atoms with E-state index < -0.39 is 15.8 Å². The number of sulfonamides is 1. The van der Waals surface area contributed by atoms with Gasteiger partial charge in [0.25, 0.3) is 10.0 Å². The lowest BCUT2D eigenvalue weighted by Crippen LogP contribution is -2.28. The van der Waals surface area contributed by atoms with Crippen molar-refractivity contribution in [1.82, 2.24) is 10.2 Å². The maximum absolute atomic E-state index is 13.1. The average molecular weight is 284 g/mol. The Hall–Kier alpha value is -1.93. The van der Waals surface area contributed by atoms with E-state index in [9.17, 15) is 12.8 Å². The summed E-state index contributed by atoms with van der Waals surface area (Å²) in [5.74, 6) is -0.511. The molecule has 3 N–H and O–H groups in total. The molecule has 2 rings (SSSR count). The highest BCUT2D eigenvalue weighted by Crippen LogP contribution is 2.23. The van der Waals surface area contributed by atoms with E-state index >= 15 is 0 Å². The lowest BCUT2D eigenvalue weighted by atomic mass is 10.3. The minimum atomic E-state index is -3.84. The van der Waals surface area contributed by atoms with E-state index in [1.54, 1.807) is 0 Å². The number of anilines is 1. The summed E-state index contributed by atoms with van der Waals surface area (Å²) in [7, 11) is -2.50. The fourth-order valence-corrected chi connectivity index (χ4v) is 2.92. The van der Waals surface area contributed by atoms with Gasteiger partial charge in [-0.3, -0.25) is 9.40 Å². The van der Waals surface area contributed by atoms with E-state index in [-0.39, 0.29) is 17.3 Å². The van der Waals surface area contributed by atoms with E-state index in [0.717, 1.165) is 10.4 Å². The number of hydrogen-bond acceptors (Lipinski definition) is 4. The Kier molecular flexibility index (Phi) is 3.54. The highest BCUT2D eigenvalue weighted by atomic mass is 32.2. The van der Waals surface area contributed by atoms with Crippen LogP contribution in [0.25, 0.3) is 0 Å². The summed E-state index contributed by atoms with van der Waals surface area (Å²) in [5, 5.41) is 6.00. The summed E-state index contributed by atoms with van der Waals surface area (Å²) in [6.07, 6.45) is 1.35. The van der Waals surface area contributed by atoms with Gasteiger partial charge in [0.2, 0.25) is 0 Å². The van der Waals surface area contributed by atoms with Crippen LogP contribution in [-0.2, 0) is 16.6 Å². The zero-order valence-electron chi connectivity index (χ0n) is 10.2. The molecule has 0 fully saturated rings. The maximum atomic E-state index is 13.1. The topological polar surface area (TPSA) is 92.1 Å². The molecule has 0 saturated heterocycles. The van der Waals surface area contributed by atoms with Gasteiger partial charge in [-0.15, -0.1) is 0 Å². The van der Waals surface area contributed by atoms with Crippen LogP contribution in [0.1, 0.15) is 5.56 Å². The number of hydrogen-bond donors (Lipinski definition) is 2. The van der Waals surface area contributed by atoms with Crippen LogP contribution in [0.4, 0.5) is 10.1 Å². The van der Waals surface area contributed by atoms with E-state index in [2.05, 4.69) is 10.2 Å². The summed E-state index contributed by atoms with van der Waals surface area (Å²) in [6.45, 7) is 0.0437. The molecule has 0 amide bonds. The quantitative estimate of drug-likeness (QED) is 0.870. The third kappa shape index (κ3) is 2.45. The number of H-pyrrole nitrogens is 1. The Bertz CT molecular complexity index is 684. The van der Waals surface area contributed by atoms with Crippen LogP contribution in [0, 0.1) is 5.82 Å². The van der Waals surface area contributed by atoms with E-state index in [1.807, 2.05) is 0 Å². The summed E-state index contributed by atoms with van der Waals surface area (Å²) >= 11 is 0. The molecule has 0 saturated carbocycles. The molecule has 0 radical (unpaired) electrons. The molecule has 2 aromatic rings. The molecule has 0 atom stereocenters. The van der Waals surface area contributed by atoms with Crippen molar-refractivity contribution in [3.63, 3.8) is 0 Å². The Labute approximate surface area is 110 Å². The van der Waals surface area contributed by atoms with Crippen LogP contribution in [-0.4, -0.2) is 25.7 Å². The second kappa shape index (κ2) is 4.98. The first-order valence-corrected chi connectivity index (χ1v) is 6.87. The zero-order chi connectivity index (χ0) is 14.0. The van der Waals surface area contributed by atoms with Gasteiger partial charge in [0.15, 0.2) is 5.03 Å². The second-order valence-electron chi connectivity index (χ2n) is 3.88. The molecule has 0 aliphatic carbocycles. The van der Waals surface area contributed by atoms with Gasteiger partial charge in [-0.25, -0.2) is 4.39 Å². The number of nitrogens with two attached hydrogens (primary N) is 1. The minimum Gasteiger partial charge on any atom is -0.326 e. The van der Waals surface area contributed by atoms with Crippen LogP contribution in [0.5, 0.6) is 0 Å². The fourth-order valence-electron chi connectivity index (χ4n) is 1.62. The van der Waals surface area contributed by atoms with Crippen LogP contribution in [0.15, 0.2) is 35.5 Å². The Morgan fingerprint density at radius 2 is 2.21 bits per heavy atom. The van der Waals surface area contributed by atoms with Crippen LogP contribution < -0.4 is 10.0 Å². The molecule has 0 aliphatic rings. The van der Waals surface area contributed by atoms with E-state index in [0.29, 0.717) is 5.56 Å². The molecule has 19 heavy (non-hydrogen) atoms. The molecule has 102 valence electrons. The van der Waals surface area contributed by atoms with Crippen molar-refractivity contribution >= 4 is 15.7 Å². The predicted octanol–water partition coefficient (Wildman–Crippen LogP) is 0.833. The monoisotopic (exact) mass is 284 g/mol. The van der Waals surface area contributed by atoms with Crippen LogP contribution in [0.2, 0.25) is 0 Å². The Morgan fingerprint density at radius 3 is 2.84 bits per heavy atom. The number of rotatable bonds is 4. The number of aromatic amines is 1. The fraction of sp³-hybridized carbons (Fsp3) is 0.182. The lowest BCUT2D eigenvalue weighted by molar-refractivity contribution is 0.588. The molecule has 8 heteroatoms. The van der Waals surface area contributed by atoms with Gasteiger partial charge < -0.3 is 5.73 Å². The number of aromatic nitrogens is 2. The third-order valence-electron chi connectivity index (χ3n) is 2.69. The van der Waals surface area contributed by atoms with Gasteiger partial charge >= 0.3 is 0 Å². The van der Waals surface area contributed by atoms with Crippen LogP contribution >= 0.6 is 0 Å². The zero-order valence-corrected chi connectivity index (χ0v) is 11.0. The van der Waals surface area contributed by atoms with Crippen LogP contribution in [0.3, 0.4) is 0 Å². The van der Waals surface area contributed by atoms with Crippen molar-refractivity contribution in [2.45, 2.75) is 11.6 Å². The van der Waals surface area contributed by atoms with Crippen molar-refractivity contribution in [2.24, 2.45) is 5.73 Å². The summed E-state index contributed by atoms with van der Waals surface area (Å²) in [4.78, 5) is 0. The highest BCUT2D eigenvalue weighted by molar-refractivity contribution is 7.92. The number of nitrogens with zero attached hydrogens (tertiary/aromatic N) is 2. The molecule has 0 bridgehead atoms. The van der Waals surface area contributed by atoms with Crippen molar-refractivity contribution in [1.29, 1.82) is 0 Å². The predicted molar refractivity (Wildman–Crippen MR) is 68.5 cm³/mol. The first-order chi connectivity index (χ1) is 8.96. The molecule has 0 spiro atoms. The summed E-state index contributed by atoms with van der Waals surface area (Å²) in [5.41, 5.74) is 6.05. The lowest BCUT2D eigenvalue weighted by Gasteiger charge is -2.19. The number of nitrogens with one attached hydrogen (secondary N) is 1. The average Bonchev–Trinajstić information content (AvgIpc) is 2.86. The normalized spacial score (nSPS) is 11.5. The second-order valence-corrected chi connectivity index (χ2v) is 5.79. The van der Waals surface area contributed by atoms with Gasteiger partial charge in [0.05, 0.1) is 11.9 Å². The van der Waals surface area contributed by atoms with Gasteiger partial charge in [-0.1, -0.05) is 6.07 Å². The number of halogens is 1. The standard InChI is InChI=1S/C11H13FN4O2S/c1-16(10-4-2-3-9(12)5-10)19(17,18)11-8(6-13)7-14-15-11/h2-5,7H,6,13H2,1H3,(H,14,15). The summed E-state index contributed by atoms with van der Waals surface area (Å²) in [6, 6.07) is 5.31. The molecule has 1 heterocycles. The molecule has 1 aromatic carbocycles. The van der Waals surface area contributed by atoms with Crippen molar-refractivity contribution in [3.8, 4) is 0 Å². The maximum Gasteiger partial charge on any atom is 0.281 e. The van der Waals surface area contributed by atoms with Gasteiger partial charge in [-0.05, 0) is 18.2 Å². The minimum absolute atomic E-state index is 0.0437. The SMILES string of the molecule is CN(c1cccc(F)c1)S(=O)(=O)c1[nH]ncc1CN. The Morgan fingerprint density at radius 1 is 1.47 bits per heavy atom. The molecule has 6 nitrogen and oxygen atoms in total. The van der Waals surface area contributed by atoms with Gasteiger partial charge in [0, 0.05) is 19.2 Å². The molecule has 0 unspecified atom stereocenters. The first kappa shape index (κ1) is 13.5. The number of benzene rings is 1. The molecule has 0 aliphatic heterocycles.